The Morgan fingerprint density at radius 2 is 1.82 bits per heavy atom. The first kappa shape index (κ1) is 19.8. The summed E-state index contributed by atoms with van der Waals surface area (Å²) in [4.78, 5) is 24.8. The molecule has 0 unspecified atom stereocenters. The van der Waals surface area contributed by atoms with Crippen LogP contribution in [0.2, 0.25) is 0 Å². The Labute approximate surface area is 164 Å². The van der Waals surface area contributed by atoms with Crippen molar-refractivity contribution in [2.45, 2.75) is 18.2 Å². The van der Waals surface area contributed by atoms with Gasteiger partial charge in [0.2, 0.25) is 11.9 Å². The Bertz CT molecular complexity index is 994. The highest BCUT2D eigenvalue weighted by atomic mass is 32.2. The number of amides is 1. The van der Waals surface area contributed by atoms with Crippen LogP contribution in [0.1, 0.15) is 17.8 Å². The Morgan fingerprint density at radius 3 is 2.46 bits per heavy atom. The van der Waals surface area contributed by atoms with Crippen LogP contribution in [-0.4, -0.2) is 61.1 Å². The number of aromatic nitrogens is 2. The Balaban J connectivity index is 1.56. The van der Waals surface area contributed by atoms with Crippen LogP contribution in [0.25, 0.3) is 0 Å². The number of carbonyl (C=O) groups excluding carboxylic acids is 1. The molecule has 0 N–H and O–H groups in total. The molecule has 1 aromatic carbocycles. The van der Waals surface area contributed by atoms with Crippen molar-refractivity contribution < 1.29 is 13.2 Å². The lowest BCUT2D eigenvalue weighted by molar-refractivity contribution is -0.131. The maximum absolute atomic E-state index is 12.4. The van der Waals surface area contributed by atoms with Crippen molar-refractivity contribution >= 4 is 21.7 Å². The molecular formula is C19H21N5O3S. The van der Waals surface area contributed by atoms with Gasteiger partial charge in [0.25, 0.3) is 0 Å². The standard InChI is InChI=1S/C19H21N5O3S/c1-15-13-16(14-20)22-19(21-15)24-10-8-23(9-11-24)18(25)7-12-28(26,27)17-5-3-2-4-6-17/h2-6,13H,7-12H2,1H3. The van der Waals surface area contributed by atoms with Gasteiger partial charge in [-0.05, 0) is 25.1 Å². The first-order chi connectivity index (χ1) is 13.4. The normalized spacial score (nSPS) is 14.6. The van der Waals surface area contributed by atoms with Crippen molar-refractivity contribution in [1.29, 1.82) is 5.26 Å². The van der Waals surface area contributed by atoms with Crippen molar-refractivity contribution in [2.24, 2.45) is 0 Å². The molecule has 0 bridgehead atoms. The molecule has 0 aliphatic carbocycles. The minimum absolute atomic E-state index is 0.0449. The van der Waals surface area contributed by atoms with Gasteiger partial charge in [-0.3, -0.25) is 4.79 Å². The molecular weight excluding hydrogens is 378 g/mol. The van der Waals surface area contributed by atoms with Gasteiger partial charge in [0.15, 0.2) is 9.84 Å². The van der Waals surface area contributed by atoms with E-state index in [0.29, 0.717) is 43.5 Å². The molecule has 28 heavy (non-hydrogen) atoms. The average molecular weight is 399 g/mol. The zero-order valence-electron chi connectivity index (χ0n) is 15.6. The zero-order valence-corrected chi connectivity index (χ0v) is 16.4. The Morgan fingerprint density at radius 1 is 1.14 bits per heavy atom. The number of aryl methyl sites for hydroxylation is 1. The van der Waals surface area contributed by atoms with Crippen LogP contribution in [0.15, 0.2) is 41.3 Å². The number of anilines is 1. The highest BCUT2D eigenvalue weighted by molar-refractivity contribution is 7.91. The molecule has 1 aliphatic rings. The van der Waals surface area contributed by atoms with Crippen molar-refractivity contribution in [3.63, 3.8) is 0 Å². The Kier molecular flexibility index (Phi) is 5.90. The second-order valence-corrected chi connectivity index (χ2v) is 8.67. The molecule has 146 valence electrons. The monoisotopic (exact) mass is 399 g/mol. The van der Waals surface area contributed by atoms with Gasteiger partial charge >= 0.3 is 0 Å². The quantitative estimate of drug-likeness (QED) is 0.743. The van der Waals surface area contributed by atoms with Crippen LogP contribution in [-0.2, 0) is 14.6 Å². The smallest absolute Gasteiger partial charge is 0.226 e. The number of rotatable bonds is 5. The van der Waals surface area contributed by atoms with Gasteiger partial charge in [-0.1, -0.05) is 18.2 Å². The molecule has 9 heteroatoms. The summed E-state index contributed by atoms with van der Waals surface area (Å²) in [5.74, 6) is 0.0973. The lowest BCUT2D eigenvalue weighted by Crippen LogP contribution is -2.49. The molecule has 1 fully saturated rings. The van der Waals surface area contributed by atoms with E-state index in [-0.39, 0.29) is 23.0 Å². The van der Waals surface area contributed by atoms with E-state index in [1.54, 1.807) is 36.1 Å². The molecule has 1 aromatic heterocycles. The molecule has 0 atom stereocenters. The minimum atomic E-state index is -3.47. The van der Waals surface area contributed by atoms with Crippen molar-refractivity contribution in [1.82, 2.24) is 14.9 Å². The number of carbonyl (C=O) groups is 1. The lowest BCUT2D eigenvalue weighted by atomic mass is 10.3. The second kappa shape index (κ2) is 8.35. The molecule has 8 nitrogen and oxygen atoms in total. The third-order valence-electron chi connectivity index (χ3n) is 4.56. The number of sulfone groups is 1. The fourth-order valence-corrected chi connectivity index (χ4v) is 4.28. The van der Waals surface area contributed by atoms with E-state index in [4.69, 9.17) is 5.26 Å². The number of benzene rings is 1. The molecule has 2 aromatic rings. The van der Waals surface area contributed by atoms with Crippen LogP contribution in [0, 0.1) is 18.3 Å². The molecule has 2 heterocycles. The van der Waals surface area contributed by atoms with E-state index >= 15 is 0 Å². The molecule has 0 spiro atoms. The van der Waals surface area contributed by atoms with Gasteiger partial charge in [0, 0.05) is 38.3 Å². The average Bonchev–Trinajstić information content (AvgIpc) is 2.72. The van der Waals surface area contributed by atoms with Gasteiger partial charge in [0.05, 0.1) is 10.6 Å². The van der Waals surface area contributed by atoms with Gasteiger partial charge in [-0.2, -0.15) is 5.26 Å². The van der Waals surface area contributed by atoms with E-state index in [0.717, 1.165) is 0 Å². The maximum atomic E-state index is 12.4. The summed E-state index contributed by atoms with van der Waals surface area (Å²) in [5, 5.41) is 9.05. The summed E-state index contributed by atoms with van der Waals surface area (Å²) in [6, 6.07) is 11.8. The fraction of sp³-hybridized carbons (Fsp3) is 0.368. The Hall–Kier alpha value is -2.99. The van der Waals surface area contributed by atoms with E-state index in [2.05, 4.69) is 9.97 Å². The molecule has 3 rings (SSSR count). The highest BCUT2D eigenvalue weighted by Gasteiger charge is 2.24. The minimum Gasteiger partial charge on any atom is -0.339 e. The highest BCUT2D eigenvalue weighted by Crippen LogP contribution is 2.15. The first-order valence-corrected chi connectivity index (χ1v) is 10.6. The number of nitrogens with zero attached hydrogens (tertiary/aromatic N) is 5. The predicted molar refractivity (Wildman–Crippen MR) is 103 cm³/mol. The second-order valence-electron chi connectivity index (χ2n) is 6.56. The summed E-state index contributed by atoms with van der Waals surface area (Å²) in [7, 11) is -3.47. The van der Waals surface area contributed by atoms with E-state index in [9.17, 15) is 13.2 Å². The molecule has 0 radical (unpaired) electrons. The van der Waals surface area contributed by atoms with Crippen LogP contribution in [0.5, 0.6) is 0 Å². The van der Waals surface area contributed by atoms with E-state index in [1.165, 1.54) is 12.1 Å². The fourth-order valence-electron chi connectivity index (χ4n) is 3.03. The van der Waals surface area contributed by atoms with Crippen LogP contribution >= 0.6 is 0 Å². The van der Waals surface area contributed by atoms with Gasteiger partial charge in [-0.25, -0.2) is 18.4 Å². The number of piperazine rings is 1. The molecule has 0 saturated carbocycles. The molecule has 1 amide bonds. The third kappa shape index (κ3) is 4.64. The van der Waals surface area contributed by atoms with Crippen LogP contribution in [0.3, 0.4) is 0 Å². The predicted octanol–water partition coefficient (Wildman–Crippen LogP) is 1.17. The summed E-state index contributed by atoms with van der Waals surface area (Å²) in [6.07, 6.45) is -0.0449. The lowest BCUT2D eigenvalue weighted by Gasteiger charge is -2.34. The summed E-state index contributed by atoms with van der Waals surface area (Å²) in [6.45, 7) is 3.79. The summed E-state index contributed by atoms with van der Waals surface area (Å²) >= 11 is 0. The maximum Gasteiger partial charge on any atom is 0.226 e. The summed E-state index contributed by atoms with van der Waals surface area (Å²) < 4.78 is 24.7. The van der Waals surface area contributed by atoms with Crippen LogP contribution in [0.4, 0.5) is 5.95 Å². The topological polar surface area (TPSA) is 107 Å². The van der Waals surface area contributed by atoms with Crippen molar-refractivity contribution in [3.05, 3.63) is 47.8 Å². The number of nitriles is 1. The van der Waals surface area contributed by atoms with E-state index < -0.39 is 9.84 Å². The SMILES string of the molecule is Cc1cc(C#N)nc(N2CCN(C(=O)CCS(=O)(=O)c3ccccc3)CC2)n1. The van der Waals surface area contributed by atoms with Gasteiger partial charge < -0.3 is 9.80 Å². The van der Waals surface area contributed by atoms with Gasteiger partial charge in [-0.15, -0.1) is 0 Å². The molecule has 1 saturated heterocycles. The van der Waals surface area contributed by atoms with Crippen molar-refractivity contribution in [3.8, 4) is 6.07 Å². The first-order valence-electron chi connectivity index (χ1n) is 8.95. The van der Waals surface area contributed by atoms with Crippen molar-refractivity contribution in [2.75, 3.05) is 36.8 Å². The van der Waals surface area contributed by atoms with E-state index in [1.807, 2.05) is 11.0 Å². The largest absolute Gasteiger partial charge is 0.339 e. The third-order valence-corrected chi connectivity index (χ3v) is 6.29. The molecule has 1 aliphatic heterocycles. The summed E-state index contributed by atoms with van der Waals surface area (Å²) in [5.41, 5.74) is 1.03. The van der Waals surface area contributed by atoms with Gasteiger partial charge in [0.1, 0.15) is 11.8 Å². The number of hydrogen-bond acceptors (Lipinski definition) is 7. The zero-order chi connectivity index (χ0) is 20.1. The number of hydrogen-bond donors (Lipinski definition) is 0. The van der Waals surface area contributed by atoms with Crippen LogP contribution < -0.4 is 4.90 Å².